The first-order chi connectivity index (χ1) is 14.2. The molecular formula is C23H22F3INOP. The van der Waals surface area contributed by atoms with Crippen molar-refractivity contribution >= 4 is 48.1 Å². The summed E-state index contributed by atoms with van der Waals surface area (Å²) in [5, 5.41) is 5.33. The molecule has 1 atom stereocenters. The molecule has 1 N–H and O–H groups in total. The van der Waals surface area contributed by atoms with Crippen molar-refractivity contribution < 1.29 is 18.0 Å². The van der Waals surface area contributed by atoms with Crippen LogP contribution in [0.3, 0.4) is 0 Å². The van der Waals surface area contributed by atoms with Gasteiger partial charge in [0.2, 0.25) is 0 Å². The molecule has 0 spiro atoms. The summed E-state index contributed by atoms with van der Waals surface area (Å²) in [6, 6.07) is 28.9. The van der Waals surface area contributed by atoms with E-state index in [0.717, 1.165) is 15.9 Å². The second kappa shape index (κ2) is 8.67. The molecule has 0 saturated carbocycles. The molecular weight excluding hydrogens is 521 g/mol. The fourth-order valence-electron chi connectivity index (χ4n) is 3.85. The van der Waals surface area contributed by atoms with Crippen LogP contribution in [-0.4, -0.2) is 24.3 Å². The van der Waals surface area contributed by atoms with Gasteiger partial charge < -0.3 is 0 Å². The molecule has 30 heavy (non-hydrogen) atoms. The molecule has 0 bridgehead atoms. The van der Waals surface area contributed by atoms with Crippen LogP contribution in [0.4, 0.5) is 13.2 Å². The minimum absolute atomic E-state index is 0.353. The summed E-state index contributed by atoms with van der Waals surface area (Å²) in [5.41, 5.74) is 0. The molecule has 0 heterocycles. The summed E-state index contributed by atoms with van der Waals surface area (Å²) in [4.78, 5) is 11.7. The van der Waals surface area contributed by atoms with Gasteiger partial charge in [0.25, 0.3) is 0 Å². The molecule has 1 amide bonds. The van der Waals surface area contributed by atoms with Crippen molar-refractivity contribution in [2.45, 2.75) is 19.1 Å². The van der Waals surface area contributed by atoms with Gasteiger partial charge in [0.05, 0.1) is 0 Å². The second-order valence-electron chi connectivity index (χ2n) is 7.24. The Balaban J connectivity index is 2.24. The molecule has 0 fully saturated rings. The first-order valence-electron chi connectivity index (χ1n) is 9.43. The molecule has 0 aliphatic carbocycles. The average Bonchev–Trinajstić information content (AvgIpc) is 2.75. The van der Waals surface area contributed by atoms with E-state index >= 15 is 0 Å². The van der Waals surface area contributed by atoms with Crippen LogP contribution in [0.2, 0.25) is 0 Å². The van der Waals surface area contributed by atoms with Crippen LogP contribution >= 0.6 is 26.3 Å². The standard InChI is InChI=1S/C23H22F3INOP/c1-18(28-22(29)23(24,25)26)17-30(27,19-11-5-2-6-12-19,20-13-7-3-8-14-20)21-15-9-4-10-16-21/h2-16,18H,17H2,1H3,(H,28,29)/t18-/m1/s1. The molecule has 0 radical (unpaired) electrons. The fourth-order valence-corrected chi connectivity index (χ4v) is 13.5. The van der Waals surface area contributed by atoms with Crippen molar-refractivity contribution in [3.05, 3.63) is 91.0 Å². The molecule has 3 aromatic carbocycles. The third kappa shape index (κ3) is 4.26. The normalized spacial score (nSPS) is 14.4. The summed E-state index contributed by atoms with van der Waals surface area (Å²) in [7, 11) is 0. The van der Waals surface area contributed by atoms with Crippen LogP contribution in [0.5, 0.6) is 0 Å². The monoisotopic (exact) mass is 543 g/mol. The quantitative estimate of drug-likeness (QED) is 0.347. The number of carbonyl (C=O) groups excluding carboxylic acids is 1. The Morgan fingerprint density at radius 3 is 1.47 bits per heavy atom. The molecule has 3 aromatic rings. The SMILES string of the molecule is C[C@H](CP(I)(c1ccccc1)(c1ccccc1)c1ccccc1)NC(=O)C(F)(F)F. The fraction of sp³-hybridized carbons (Fsp3) is 0.174. The van der Waals surface area contributed by atoms with E-state index in [1.54, 1.807) is 6.92 Å². The van der Waals surface area contributed by atoms with Gasteiger partial charge in [-0.05, 0) is 0 Å². The Kier molecular flexibility index (Phi) is 6.58. The van der Waals surface area contributed by atoms with E-state index in [0.29, 0.717) is 6.16 Å². The number of halogens is 4. The molecule has 0 aromatic heterocycles. The van der Waals surface area contributed by atoms with E-state index in [1.165, 1.54) is 0 Å². The third-order valence-electron chi connectivity index (χ3n) is 5.14. The minimum atomic E-state index is -4.91. The zero-order chi connectivity index (χ0) is 21.9. The summed E-state index contributed by atoms with van der Waals surface area (Å²) in [6.45, 7) is 1.64. The van der Waals surface area contributed by atoms with E-state index < -0.39 is 22.4 Å². The van der Waals surface area contributed by atoms with Crippen molar-refractivity contribution in [3.63, 3.8) is 0 Å². The molecule has 0 unspecified atom stereocenters. The molecule has 0 aliphatic rings. The van der Waals surface area contributed by atoms with Gasteiger partial charge in [-0.3, -0.25) is 0 Å². The molecule has 0 aliphatic heterocycles. The van der Waals surface area contributed by atoms with Crippen LogP contribution in [0.15, 0.2) is 91.0 Å². The number of carbonyl (C=O) groups is 1. The number of nitrogens with one attached hydrogen (secondary N) is 1. The van der Waals surface area contributed by atoms with Gasteiger partial charge in [0.15, 0.2) is 0 Å². The summed E-state index contributed by atoms with van der Waals surface area (Å²) < 4.78 is 35.5. The van der Waals surface area contributed by atoms with Gasteiger partial charge in [-0.2, -0.15) is 0 Å². The van der Waals surface area contributed by atoms with E-state index in [-0.39, 0.29) is 0 Å². The maximum atomic E-state index is 12.9. The summed E-state index contributed by atoms with van der Waals surface area (Å²) in [5.74, 6) is -1.91. The Hall–Kier alpha value is -1.92. The van der Waals surface area contributed by atoms with Crippen molar-refractivity contribution in [2.75, 3.05) is 6.16 Å². The number of amides is 1. The zero-order valence-electron chi connectivity index (χ0n) is 16.3. The Morgan fingerprint density at radius 2 is 1.17 bits per heavy atom. The summed E-state index contributed by atoms with van der Waals surface area (Å²) >= 11 is 2.49. The Morgan fingerprint density at radius 1 is 0.833 bits per heavy atom. The first kappa shape index (κ1) is 22.8. The van der Waals surface area contributed by atoms with Crippen molar-refractivity contribution in [3.8, 4) is 0 Å². The van der Waals surface area contributed by atoms with Gasteiger partial charge >= 0.3 is 188 Å². The first-order valence-corrected chi connectivity index (χ1v) is 14.6. The van der Waals surface area contributed by atoms with E-state index in [1.807, 2.05) is 91.0 Å². The van der Waals surface area contributed by atoms with Gasteiger partial charge in [-0.25, -0.2) is 0 Å². The maximum absolute atomic E-state index is 12.9. The molecule has 7 heteroatoms. The predicted molar refractivity (Wildman–Crippen MR) is 128 cm³/mol. The van der Waals surface area contributed by atoms with Crippen LogP contribution < -0.4 is 21.2 Å². The number of rotatable bonds is 6. The topological polar surface area (TPSA) is 29.1 Å². The van der Waals surface area contributed by atoms with Crippen LogP contribution in [0, 0.1) is 0 Å². The number of hydrogen-bond donors (Lipinski definition) is 1. The molecule has 0 saturated heterocycles. The van der Waals surface area contributed by atoms with Crippen molar-refractivity contribution in [1.82, 2.24) is 5.32 Å². The van der Waals surface area contributed by atoms with E-state index in [4.69, 9.17) is 0 Å². The van der Waals surface area contributed by atoms with E-state index in [9.17, 15) is 18.0 Å². The van der Waals surface area contributed by atoms with Gasteiger partial charge in [-0.15, -0.1) is 0 Å². The second-order valence-corrected chi connectivity index (χ2v) is 17.9. The van der Waals surface area contributed by atoms with Crippen LogP contribution in [0.1, 0.15) is 6.92 Å². The Labute approximate surface area is 187 Å². The number of benzene rings is 3. The van der Waals surface area contributed by atoms with Gasteiger partial charge in [0, 0.05) is 0 Å². The van der Waals surface area contributed by atoms with Crippen molar-refractivity contribution in [1.29, 1.82) is 0 Å². The molecule has 158 valence electrons. The van der Waals surface area contributed by atoms with E-state index in [2.05, 4.69) is 27.4 Å². The number of alkyl halides is 3. The van der Waals surface area contributed by atoms with Crippen LogP contribution in [-0.2, 0) is 4.79 Å². The number of hydrogen-bond acceptors (Lipinski definition) is 1. The summed E-state index contributed by atoms with van der Waals surface area (Å²) in [6.07, 6.45) is -4.56. The van der Waals surface area contributed by atoms with Gasteiger partial charge in [-0.1, -0.05) is 0 Å². The predicted octanol–water partition coefficient (Wildman–Crippen LogP) is 4.93. The van der Waals surface area contributed by atoms with Gasteiger partial charge in [0.1, 0.15) is 0 Å². The average molecular weight is 543 g/mol. The van der Waals surface area contributed by atoms with Crippen LogP contribution in [0.25, 0.3) is 0 Å². The zero-order valence-corrected chi connectivity index (χ0v) is 19.4. The molecule has 3 rings (SSSR count). The third-order valence-corrected chi connectivity index (χ3v) is 16.7. The molecule has 2 nitrogen and oxygen atoms in total. The Bertz CT molecular complexity index is 898. The van der Waals surface area contributed by atoms with Crippen molar-refractivity contribution in [2.24, 2.45) is 0 Å².